The molecular weight excluding hydrogens is 267 g/mol. The van der Waals surface area contributed by atoms with Crippen molar-refractivity contribution in [2.45, 2.75) is 6.18 Å². The lowest BCUT2D eigenvalue weighted by Gasteiger charge is -2.10. The average molecular weight is 278 g/mol. The predicted octanol–water partition coefficient (Wildman–Crippen LogP) is 4.14. The van der Waals surface area contributed by atoms with Crippen LogP contribution in [-0.2, 0) is 6.18 Å². The second-order valence-corrected chi connectivity index (χ2v) is 4.23. The predicted molar refractivity (Wildman–Crippen MR) is 70.3 cm³/mol. The fraction of sp³-hybridized carbons (Fsp3) is 0.0667. The van der Waals surface area contributed by atoms with Gasteiger partial charge in [-0.1, -0.05) is 18.2 Å². The molecule has 0 unspecified atom stereocenters. The van der Waals surface area contributed by atoms with E-state index < -0.39 is 17.6 Å². The number of benzene rings is 2. The third-order valence-electron chi connectivity index (χ3n) is 2.66. The number of amides is 1. The molecule has 2 aromatic rings. The molecule has 2 aromatic carbocycles. The monoisotopic (exact) mass is 278 g/mol. The Bertz CT molecular complexity index is 618. The summed E-state index contributed by atoms with van der Waals surface area (Å²) in [4.78, 5) is 11.9. The number of hydrogen-bond donors (Lipinski definition) is 1. The molecule has 2 rings (SSSR count). The molecule has 1 N–H and O–H groups in total. The van der Waals surface area contributed by atoms with E-state index in [4.69, 9.17) is 0 Å². The van der Waals surface area contributed by atoms with Gasteiger partial charge in [0.15, 0.2) is 0 Å². The number of hydrogen-bond acceptors (Lipinski definition) is 1. The zero-order chi connectivity index (χ0) is 14.8. The lowest BCUT2D eigenvalue weighted by atomic mass is 10.1. The first-order chi connectivity index (χ1) is 9.36. The molecule has 1 amide bonds. The Balaban J connectivity index is 2.18. The standard InChI is InChI=1S/C15H11F3NO/c1-10-5-7-11(8-6-10)14(20)19-13-4-2-3-12(9-13)15(16,17)18/h2-9H,1H2,(H,19,20). The van der Waals surface area contributed by atoms with Gasteiger partial charge in [0.2, 0.25) is 0 Å². The molecule has 0 aromatic heterocycles. The van der Waals surface area contributed by atoms with Gasteiger partial charge in [-0.15, -0.1) is 0 Å². The van der Waals surface area contributed by atoms with Gasteiger partial charge in [0.25, 0.3) is 5.91 Å². The van der Waals surface area contributed by atoms with Crippen LogP contribution in [0.2, 0.25) is 0 Å². The molecule has 0 fully saturated rings. The smallest absolute Gasteiger partial charge is 0.322 e. The van der Waals surface area contributed by atoms with Crippen LogP contribution in [0.5, 0.6) is 0 Å². The van der Waals surface area contributed by atoms with Crippen LogP contribution >= 0.6 is 0 Å². The molecule has 0 aliphatic carbocycles. The van der Waals surface area contributed by atoms with Crippen LogP contribution < -0.4 is 5.32 Å². The second-order valence-electron chi connectivity index (χ2n) is 4.23. The van der Waals surface area contributed by atoms with Crippen molar-refractivity contribution >= 4 is 11.6 Å². The van der Waals surface area contributed by atoms with E-state index in [-0.39, 0.29) is 5.69 Å². The molecule has 0 heterocycles. The lowest BCUT2D eigenvalue weighted by molar-refractivity contribution is -0.137. The van der Waals surface area contributed by atoms with Crippen molar-refractivity contribution in [2.75, 3.05) is 5.32 Å². The molecular formula is C15H11F3NO. The summed E-state index contributed by atoms with van der Waals surface area (Å²) in [5.41, 5.74) is 0.405. The number of alkyl halides is 3. The number of anilines is 1. The van der Waals surface area contributed by atoms with Gasteiger partial charge >= 0.3 is 6.18 Å². The van der Waals surface area contributed by atoms with Crippen LogP contribution in [0, 0.1) is 6.92 Å². The maximum absolute atomic E-state index is 12.6. The third kappa shape index (κ3) is 3.38. The molecule has 0 aliphatic heterocycles. The minimum atomic E-state index is -4.43. The molecule has 1 radical (unpaired) electrons. The van der Waals surface area contributed by atoms with Crippen LogP contribution in [0.25, 0.3) is 0 Å². The summed E-state index contributed by atoms with van der Waals surface area (Å²) >= 11 is 0. The highest BCUT2D eigenvalue weighted by Gasteiger charge is 2.30. The van der Waals surface area contributed by atoms with Crippen LogP contribution in [0.15, 0.2) is 48.5 Å². The van der Waals surface area contributed by atoms with Gasteiger partial charge < -0.3 is 5.32 Å². The Hall–Kier alpha value is -2.30. The first-order valence-corrected chi connectivity index (χ1v) is 5.77. The topological polar surface area (TPSA) is 29.1 Å². The normalized spacial score (nSPS) is 11.2. The minimum absolute atomic E-state index is 0.100. The molecule has 0 saturated heterocycles. The van der Waals surface area contributed by atoms with Crippen molar-refractivity contribution in [3.63, 3.8) is 0 Å². The van der Waals surface area contributed by atoms with E-state index in [1.54, 1.807) is 24.3 Å². The molecule has 0 atom stereocenters. The summed E-state index contributed by atoms with van der Waals surface area (Å²) in [5.74, 6) is -0.468. The van der Waals surface area contributed by atoms with Crippen LogP contribution in [0.1, 0.15) is 21.5 Å². The molecule has 103 valence electrons. The fourth-order valence-electron chi connectivity index (χ4n) is 1.63. The molecule has 0 spiro atoms. The Kier molecular flexibility index (Phi) is 3.79. The highest BCUT2D eigenvalue weighted by atomic mass is 19.4. The third-order valence-corrected chi connectivity index (χ3v) is 2.66. The fourth-order valence-corrected chi connectivity index (χ4v) is 1.63. The van der Waals surface area contributed by atoms with Crippen molar-refractivity contribution < 1.29 is 18.0 Å². The van der Waals surface area contributed by atoms with Gasteiger partial charge in [0.1, 0.15) is 0 Å². The average Bonchev–Trinajstić information content (AvgIpc) is 2.38. The molecule has 0 saturated carbocycles. The highest BCUT2D eigenvalue weighted by Crippen LogP contribution is 2.30. The van der Waals surface area contributed by atoms with Crippen LogP contribution in [-0.4, -0.2) is 5.91 Å². The second kappa shape index (κ2) is 5.36. The van der Waals surface area contributed by atoms with E-state index >= 15 is 0 Å². The summed E-state index contributed by atoms with van der Waals surface area (Å²) in [6.45, 7) is 3.69. The molecule has 5 heteroatoms. The summed E-state index contributed by atoms with van der Waals surface area (Å²) in [6.07, 6.45) is -4.43. The Morgan fingerprint density at radius 3 is 2.30 bits per heavy atom. The van der Waals surface area contributed by atoms with Crippen molar-refractivity contribution in [3.05, 3.63) is 72.1 Å². The van der Waals surface area contributed by atoms with E-state index in [0.29, 0.717) is 5.56 Å². The number of carbonyl (C=O) groups excluding carboxylic acids is 1. The Morgan fingerprint density at radius 2 is 1.70 bits per heavy atom. The molecule has 2 nitrogen and oxygen atoms in total. The van der Waals surface area contributed by atoms with Gasteiger partial charge in [0, 0.05) is 11.3 Å². The molecule has 20 heavy (non-hydrogen) atoms. The largest absolute Gasteiger partial charge is 0.416 e. The zero-order valence-corrected chi connectivity index (χ0v) is 10.4. The Morgan fingerprint density at radius 1 is 1.05 bits per heavy atom. The SMILES string of the molecule is [CH2]c1ccc(C(=O)Nc2cccc(C(F)(F)F)c2)cc1. The summed E-state index contributed by atoms with van der Waals surface area (Å²) < 4.78 is 37.7. The van der Waals surface area contributed by atoms with E-state index in [9.17, 15) is 18.0 Å². The van der Waals surface area contributed by atoms with Crippen molar-refractivity contribution in [3.8, 4) is 0 Å². The van der Waals surface area contributed by atoms with Crippen molar-refractivity contribution in [1.82, 2.24) is 0 Å². The maximum Gasteiger partial charge on any atom is 0.416 e. The first kappa shape index (κ1) is 14.1. The summed E-state index contributed by atoms with van der Waals surface area (Å²) in [7, 11) is 0. The Labute approximate surface area is 114 Å². The molecule has 0 bridgehead atoms. The van der Waals surface area contributed by atoms with Gasteiger partial charge in [-0.3, -0.25) is 4.79 Å². The zero-order valence-electron chi connectivity index (χ0n) is 10.4. The minimum Gasteiger partial charge on any atom is -0.322 e. The van der Waals surface area contributed by atoms with Crippen molar-refractivity contribution in [1.29, 1.82) is 0 Å². The van der Waals surface area contributed by atoms with Crippen LogP contribution in [0.4, 0.5) is 18.9 Å². The van der Waals surface area contributed by atoms with E-state index in [1.807, 2.05) is 0 Å². The highest BCUT2D eigenvalue weighted by molar-refractivity contribution is 6.04. The summed E-state index contributed by atoms with van der Waals surface area (Å²) in [5, 5.41) is 2.43. The number of halogens is 3. The molecule has 0 aliphatic rings. The van der Waals surface area contributed by atoms with Crippen LogP contribution in [0.3, 0.4) is 0 Å². The number of rotatable bonds is 2. The van der Waals surface area contributed by atoms with Gasteiger partial charge in [-0.05, 0) is 42.8 Å². The number of carbonyl (C=O) groups is 1. The maximum atomic E-state index is 12.6. The quantitative estimate of drug-likeness (QED) is 0.878. The van der Waals surface area contributed by atoms with Crippen molar-refractivity contribution in [2.24, 2.45) is 0 Å². The lowest BCUT2D eigenvalue weighted by Crippen LogP contribution is -2.13. The van der Waals surface area contributed by atoms with E-state index in [1.165, 1.54) is 12.1 Å². The van der Waals surface area contributed by atoms with E-state index in [0.717, 1.165) is 17.7 Å². The first-order valence-electron chi connectivity index (χ1n) is 5.77. The van der Waals surface area contributed by atoms with Gasteiger partial charge in [-0.2, -0.15) is 13.2 Å². The van der Waals surface area contributed by atoms with Gasteiger partial charge in [-0.25, -0.2) is 0 Å². The van der Waals surface area contributed by atoms with Gasteiger partial charge in [0.05, 0.1) is 5.56 Å². The van der Waals surface area contributed by atoms with E-state index in [2.05, 4.69) is 12.2 Å². The summed E-state index contributed by atoms with van der Waals surface area (Å²) in [6, 6.07) is 10.9. The number of nitrogens with one attached hydrogen (secondary N) is 1.